The summed E-state index contributed by atoms with van der Waals surface area (Å²) in [6.07, 6.45) is 2.66. The molecule has 1 aliphatic rings. The zero-order chi connectivity index (χ0) is 15.7. The average Bonchev–Trinajstić information content (AvgIpc) is 2.79. The van der Waals surface area contributed by atoms with Crippen molar-refractivity contribution in [2.24, 2.45) is 5.92 Å². The predicted octanol–water partition coefficient (Wildman–Crippen LogP) is 3.10. The van der Waals surface area contributed by atoms with E-state index in [1.54, 1.807) is 24.3 Å². The van der Waals surface area contributed by atoms with E-state index >= 15 is 0 Å². The number of Topliss-reactive ketones (excluding diaryl/α,β-unsaturated/α-hetero) is 2. The first-order chi connectivity index (χ1) is 10.6. The van der Waals surface area contributed by atoms with E-state index in [1.807, 2.05) is 0 Å². The molecular formula is C18H11FO3. The van der Waals surface area contributed by atoms with Crippen molar-refractivity contribution >= 4 is 23.4 Å². The average molecular weight is 294 g/mol. The fourth-order valence-corrected chi connectivity index (χ4v) is 2.45. The standard InChI is InChI=1S/C18H11FO3/c19-12-8-5-11(6-9-12)7-10-15(20)16-17(21)13-3-1-2-4-14(13)18(16)22/h1-10,16H. The lowest BCUT2D eigenvalue weighted by atomic mass is 9.97. The zero-order valence-corrected chi connectivity index (χ0v) is 11.5. The minimum Gasteiger partial charge on any atom is -0.294 e. The van der Waals surface area contributed by atoms with E-state index in [0.29, 0.717) is 16.7 Å². The fraction of sp³-hybridized carbons (Fsp3) is 0.0556. The summed E-state index contributed by atoms with van der Waals surface area (Å²) in [6.45, 7) is 0. The third kappa shape index (κ3) is 2.39. The maximum atomic E-state index is 12.8. The van der Waals surface area contributed by atoms with Crippen LogP contribution in [0.15, 0.2) is 54.6 Å². The van der Waals surface area contributed by atoms with Crippen LogP contribution in [0.25, 0.3) is 6.08 Å². The van der Waals surface area contributed by atoms with Crippen LogP contribution >= 0.6 is 0 Å². The molecule has 0 amide bonds. The van der Waals surface area contributed by atoms with Crippen molar-refractivity contribution in [1.82, 2.24) is 0 Å². The number of ketones is 3. The summed E-state index contributed by atoms with van der Waals surface area (Å²) in [6, 6.07) is 12.0. The van der Waals surface area contributed by atoms with Crippen LogP contribution in [0.2, 0.25) is 0 Å². The molecule has 0 aromatic heterocycles. The first-order valence-corrected chi connectivity index (χ1v) is 6.73. The van der Waals surface area contributed by atoms with Gasteiger partial charge in [-0.1, -0.05) is 42.5 Å². The predicted molar refractivity (Wildman–Crippen MR) is 79.0 cm³/mol. The van der Waals surface area contributed by atoms with Crippen molar-refractivity contribution in [3.05, 3.63) is 77.1 Å². The highest BCUT2D eigenvalue weighted by Gasteiger charge is 2.41. The molecule has 0 heterocycles. The van der Waals surface area contributed by atoms with Crippen LogP contribution in [0, 0.1) is 11.7 Å². The molecule has 4 heteroatoms. The molecular weight excluding hydrogens is 283 g/mol. The van der Waals surface area contributed by atoms with Gasteiger partial charge in [-0.15, -0.1) is 0 Å². The van der Waals surface area contributed by atoms with Crippen molar-refractivity contribution in [2.75, 3.05) is 0 Å². The summed E-state index contributed by atoms with van der Waals surface area (Å²) in [7, 11) is 0. The van der Waals surface area contributed by atoms with Crippen molar-refractivity contribution in [3.8, 4) is 0 Å². The number of fused-ring (bicyclic) bond motifs is 1. The Bertz CT molecular complexity index is 768. The van der Waals surface area contributed by atoms with Gasteiger partial charge in [-0.3, -0.25) is 14.4 Å². The van der Waals surface area contributed by atoms with E-state index in [1.165, 1.54) is 36.4 Å². The number of hydrogen-bond acceptors (Lipinski definition) is 3. The topological polar surface area (TPSA) is 51.2 Å². The van der Waals surface area contributed by atoms with Gasteiger partial charge in [0, 0.05) is 11.1 Å². The number of benzene rings is 2. The molecule has 2 aromatic carbocycles. The van der Waals surface area contributed by atoms with Gasteiger partial charge in [0.2, 0.25) is 0 Å². The second-order valence-corrected chi connectivity index (χ2v) is 4.99. The van der Waals surface area contributed by atoms with E-state index < -0.39 is 23.3 Å². The smallest absolute Gasteiger partial charge is 0.182 e. The Balaban J connectivity index is 1.83. The van der Waals surface area contributed by atoms with Crippen molar-refractivity contribution in [1.29, 1.82) is 0 Å². The van der Waals surface area contributed by atoms with Crippen LogP contribution in [0.3, 0.4) is 0 Å². The van der Waals surface area contributed by atoms with Gasteiger partial charge < -0.3 is 0 Å². The summed E-state index contributed by atoms with van der Waals surface area (Å²) in [4.78, 5) is 36.5. The van der Waals surface area contributed by atoms with Crippen LogP contribution in [0.4, 0.5) is 4.39 Å². The van der Waals surface area contributed by atoms with E-state index in [0.717, 1.165) is 0 Å². The SMILES string of the molecule is O=C(C=Cc1ccc(F)cc1)C1C(=O)c2ccccc2C1=O. The lowest BCUT2D eigenvalue weighted by Gasteiger charge is -2.01. The highest BCUT2D eigenvalue weighted by Crippen LogP contribution is 2.27. The van der Waals surface area contributed by atoms with E-state index in [4.69, 9.17) is 0 Å². The van der Waals surface area contributed by atoms with Crippen LogP contribution in [-0.2, 0) is 4.79 Å². The molecule has 0 unspecified atom stereocenters. The van der Waals surface area contributed by atoms with E-state index in [-0.39, 0.29) is 5.82 Å². The van der Waals surface area contributed by atoms with Crippen LogP contribution < -0.4 is 0 Å². The number of carbonyl (C=O) groups excluding carboxylic acids is 3. The van der Waals surface area contributed by atoms with Gasteiger partial charge in [0.05, 0.1) is 0 Å². The summed E-state index contributed by atoms with van der Waals surface area (Å²) < 4.78 is 12.8. The maximum Gasteiger partial charge on any atom is 0.182 e. The highest BCUT2D eigenvalue weighted by atomic mass is 19.1. The molecule has 1 aliphatic carbocycles. The summed E-state index contributed by atoms with van der Waals surface area (Å²) >= 11 is 0. The molecule has 22 heavy (non-hydrogen) atoms. The van der Waals surface area contributed by atoms with E-state index in [2.05, 4.69) is 0 Å². The second kappa shape index (κ2) is 5.48. The second-order valence-electron chi connectivity index (χ2n) is 4.99. The molecule has 0 aliphatic heterocycles. The Morgan fingerprint density at radius 2 is 1.45 bits per heavy atom. The number of halogens is 1. The summed E-state index contributed by atoms with van der Waals surface area (Å²) in [5.74, 6) is -3.16. The van der Waals surface area contributed by atoms with Crippen LogP contribution in [0.5, 0.6) is 0 Å². The lowest BCUT2D eigenvalue weighted by Crippen LogP contribution is -2.23. The first kappa shape index (κ1) is 14.1. The minimum atomic E-state index is -1.30. The lowest BCUT2D eigenvalue weighted by molar-refractivity contribution is -0.115. The van der Waals surface area contributed by atoms with Crippen molar-refractivity contribution in [2.45, 2.75) is 0 Å². The summed E-state index contributed by atoms with van der Waals surface area (Å²) in [5.41, 5.74) is 1.20. The van der Waals surface area contributed by atoms with Gasteiger partial charge in [0.1, 0.15) is 11.7 Å². The molecule has 0 fully saturated rings. The molecule has 2 aromatic rings. The quantitative estimate of drug-likeness (QED) is 0.645. The third-order valence-electron chi connectivity index (χ3n) is 3.58. The number of allylic oxidation sites excluding steroid dienone is 1. The van der Waals surface area contributed by atoms with Gasteiger partial charge in [0.25, 0.3) is 0 Å². The van der Waals surface area contributed by atoms with E-state index in [9.17, 15) is 18.8 Å². The Morgan fingerprint density at radius 1 is 0.909 bits per heavy atom. The Kier molecular flexibility index (Phi) is 3.51. The normalized spacial score (nSPS) is 14.6. The number of hydrogen-bond donors (Lipinski definition) is 0. The number of carbonyl (C=O) groups is 3. The molecule has 0 N–H and O–H groups in total. The minimum absolute atomic E-state index is 0.293. The molecule has 0 spiro atoms. The molecule has 0 atom stereocenters. The Labute approximate surface area is 126 Å². The van der Waals surface area contributed by atoms with Gasteiger partial charge in [-0.2, -0.15) is 0 Å². The molecule has 3 nitrogen and oxygen atoms in total. The molecule has 0 radical (unpaired) electrons. The van der Waals surface area contributed by atoms with Crippen molar-refractivity contribution in [3.63, 3.8) is 0 Å². The zero-order valence-electron chi connectivity index (χ0n) is 11.5. The van der Waals surface area contributed by atoms with Gasteiger partial charge in [-0.25, -0.2) is 4.39 Å². The monoisotopic (exact) mass is 294 g/mol. The molecule has 108 valence electrons. The largest absolute Gasteiger partial charge is 0.294 e. The van der Waals surface area contributed by atoms with Crippen molar-refractivity contribution < 1.29 is 18.8 Å². The summed E-state index contributed by atoms with van der Waals surface area (Å²) in [5, 5.41) is 0. The molecule has 0 saturated heterocycles. The van der Waals surface area contributed by atoms with Crippen LogP contribution in [0.1, 0.15) is 26.3 Å². The first-order valence-electron chi connectivity index (χ1n) is 6.73. The maximum absolute atomic E-state index is 12.8. The van der Waals surface area contributed by atoms with Gasteiger partial charge in [0.15, 0.2) is 17.3 Å². The van der Waals surface area contributed by atoms with Gasteiger partial charge >= 0.3 is 0 Å². The third-order valence-corrected chi connectivity index (χ3v) is 3.58. The Hall–Kier alpha value is -2.88. The highest BCUT2D eigenvalue weighted by molar-refractivity contribution is 6.37. The molecule has 0 saturated carbocycles. The fourth-order valence-electron chi connectivity index (χ4n) is 2.45. The number of rotatable bonds is 3. The molecule has 3 rings (SSSR count). The Morgan fingerprint density at radius 3 is 2.00 bits per heavy atom. The van der Waals surface area contributed by atoms with Crippen LogP contribution in [-0.4, -0.2) is 17.3 Å². The van der Waals surface area contributed by atoms with Gasteiger partial charge in [-0.05, 0) is 23.8 Å². The molecule has 0 bridgehead atoms.